The van der Waals surface area contributed by atoms with E-state index >= 15 is 0 Å². The Balaban J connectivity index is 0.00000192. The highest BCUT2D eigenvalue weighted by atomic mass is 35.5. The fourth-order valence-electron chi connectivity index (χ4n) is 2.28. The summed E-state index contributed by atoms with van der Waals surface area (Å²) in [7, 11) is 1.90. The molecule has 0 aliphatic heterocycles. The number of rotatable bonds is 5. The molecule has 0 spiro atoms. The lowest BCUT2D eigenvalue weighted by Gasteiger charge is -2.08. The van der Waals surface area contributed by atoms with Crippen molar-refractivity contribution < 1.29 is 4.74 Å². The number of nitrogen functional groups attached to an aromatic ring is 1. The Labute approximate surface area is 165 Å². The van der Waals surface area contributed by atoms with Crippen LogP contribution in [0.1, 0.15) is 11.1 Å². The van der Waals surface area contributed by atoms with E-state index in [-0.39, 0.29) is 37.2 Å². The first kappa shape index (κ1) is 23.2. The lowest BCUT2D eigenvalue weighted by Crippen LogP contribution is -2.05. The van der Waals surface area contributed by atoms with Crippen molar-refractivity contribution >= 4 is 53.9 Å². The van der Waals surface area contributed by atoms with Crippen molar-refractivity contribution in [3.63, 3.8) is 0 Å². The lowest BCUT2D eigenvalue weighted by molar-refractivity contribution is 0.304. The smallest absolute Gasteiger partial charge is 0.138 e. The first-order valence-corrected chi connectivity index (χ1v) is 7.11. The van der Waals surface area contributed by atoms with E-state index < -0.39 is 0 Å². The molecular weight excluding hydrogens is 383 g/mol. The van der Waals surface area contributed by atoms with Gasteiger partial charge in [0.1, 0.15) is 18.2 Å². The average molecular weight is 404 g/mol. The van der Waals surface area contributed by atoms with Crippen molar-refractivity contribution in [2.75, 3.05) is 12.8 Å². The Kier molecular flexibility index (Phi) is 10.2. The van der Waals surface area contributed by atoms with Crippen molar-refractivity contribution in [3.8, 4) is 5.75 Å². The number of ether oxygens (including phenoxy) is 1. The topological polar surface area (TPSA) is 73.1 Å². The Hall–Kier alpha value is -1.79. The summed E-state index contributed by atoms with van der Waals surface area (Å²) in [6, 6.07) is 11.8. The van der Waals surface area contributed by atoms with Gasteiger partial charge in [-0.2, -0.15) is 0 Å². The average Bonchev–Trinajstić information content (AvgIpc) is 2.53. The fourth-order valence-corrected chi connectivity index (χ4v) is 2.28. The first-order valence-electron chi connectivity index (χ1n) is 7.11. The quantitative estimate of drug-likeness (QED) is 0.678. The monoisotopic (exact) mass is 402 g/mol. The van der Waals surface area contributed by atoms with Crippen molar-refractivity contribution in [2.24, 2.45) is 0 Å². The molecule has 1 aromatic carbocycles. The van der Waals surface area contributed by atoms with E-state index in [0.717, 1.165) is 34.3 Å². The highest BCUT2D eigenvalue weighted by Crippen LogP contribution is 2.18. The molecule has 0 bridgehead atoms. The molecule has 3 N–H and O–H groups in total. The number of aromatic nitrogens is 2. The molecule has 0 atom stereocenters. The highest BCUT2D eigenvalue weighted by Gasteiger charge is 2.02. The van der Waals surface area contributed by atoms with Crippen LogP contribution in [-0.4, -0.2) is 17.0 Å². The molecule has 8 heteroatoms. The predicted molar refractivity (Wildman–Crippen MR) is 109 cm³/mol. The zero-order valence-corrected chi connectivity index (χ0v) is 16.1. The molecule has 3 aromatic rings. The van der Waals surface area contributed by atoms with Crippen molar-refractivity contribution in [1.29, 1.82) is 0 Å². The van der Waals surface area contributed by atoms with E-state index in [1.807, 2.05) is 43.6 Å². The van der Waals surface area contributed by atoms with Crippen LogP contribution in [-0.2, 0) is 13.2 Å². The van der Waals surface area contributed by atoms with Gasteiger partial charge in [0.05, 0.1) is 11.7 Å². The first-order chi connectivity index (χ1) is 10.7. The third-order valence-electron chi connectivity index (χ3n) is 3.33. The number of nitrogens with zero attached hydrogens (tertiary/aromatic N) is 2. The largest absolute Gasteiger partial charge is 0.487 e. The molecular formula is C17H21Cl3N4O. The van der Waals surface area contributed by atoms with Gasteiger partial charge < -0.3 is 15.8 Å². The van der Waals surface area contributed by atoms with Crippen LogP contribution in [0.25, 0.3) is 10.9 Å². The molecule has 3 rings (SSSR count). The van der Waals surface area contributed by atoms with Crippen LogP contribution in [0, 0.1) is 0 Å². The van der Waals surface area contributed by atoms with Gasteiger partial charge in [0, 0.05) is 18.1 Å². The number of fused-ring (bicyclic) bond motifs is 1. The van der Waals surface area contributed by atoms with Gasteiger partial charge in [-0.25, -0.2) is 4.98 Å². The predicted octanol–water partition coefficient (Wildman–Crippen LogP) is 3.78. The van der Waals surface area contributed by atoms with Gasteiger partial charge in [-0.15, -0.1) is 37.2 Å². The number of hydrogen-bond acceptors (Lipinski definition) is 5. The molecule has 0 saturated carbocycles. The molecule has 0 fully saturated rings. The molecule has 0 radical (unpaired) electrons. The number of nitrogens with one attached hydrogen (secondary N) is 1. The molecule has 2 aromatic heterocycles. The van der Waals surface area contributed by atoms with Crippen molar-refractivity contribution in [2.45, 2.75) is 13.2 Å². The second kappa shape index (κ2) is 10.9. The van der Waals surface area contributed by atoms with Gasteiger partial charge in [-0.3, -0.25) is 4.98 Å². The number of anilines is 1. The molecule has 0 saturated heterocycles. The van der Waals surface area contributed by atoms with Gasteiger partial charge in [0.2, 0.25) is 0 Å². The zero-order chi connectivity index (χ0) is 15.4. The zero-order valence-electron chi connectivity index (χ0n) is 13.6. The van der Waals surface area contributed by atoms with Crippen LogP contribution < -0.4 is 15.8 Å². The maximum atomic E-state index is 5.81. The van der Waals surface area contributed by atoms with Crippen LogP contribution in [0.4, 0.5) is 5.82 Å². The van der Waals surface area contributed by atoms with Crippen molar-refractivity contribution in [3.05, 3.63) is 59.9 Å². The van der Waals surface area contributed by atoms with E-state index in [9.17, 15) is 0 Å². The fraction of sp³-hybridized carbons (Fsp3) is 0.176. The summed E-state index contributed by atoms with van der Waals surface area (Å²) in [5.41, 5.74) is 8.74. The minimum Gasteiger partial charge on any atom is -0.487 e. The number of nitrogens with two attached hydrogens (primary N) is 1. The molecule has 0 unspecified atom stereocenters. The molecule has 0 amide bonds. The minimum atomic E-state index is 0. The number of halogens is 3. The Morgan fingerprint density at radius 2 is 1.76 bits per heavy atom. The summed E-state index contributed by atoms with van der Waals surface area (Å²) < 4.78 is 5.81. The second-order valence-corrected chi connectivity index (χ2v) is 5.11. The second-order valence-electron chi connectivity index (χ2n) is 5.11. The SMILES string of the molecule is CNCc1cncc(OCc2ccc3ccc(N)nc3c2)c1.Cl.Cl.Cl. The minimum absolute atomic E-state index is 0. The van der Waals surface area contributed by atoms with Gasteiger partial charge in [0.25, 0.3) is 0 Å². The van der Waals surface area contributed by atoms with E-state index in [0.29, 0.717) is 12.4 Å². The standard InChI is InChI=1S/C17H18N4O.3ClH/c1-19-8-13-6-15(10-20-9-13)22-11-12-2-3-14-4-5-17(18)21-16(14)7-12;;;/h2-7,9-10,19H,8,11H2,1H3,(H2,18,21);3*1H. The maximum absolute atomic E-state index is 5.81. The molecule has 25 heavy (non-hydrogen) atoms. The summed E-state index contributed by atoms with van der Waals surface area (Å²) in [6.07, 6.45) is 3.54. The highest BCUT2D eigenvalue weighted by molar-refractivity contribution is 5.86. The molecule has 136 valence electrons. The van der Waals surface area contributed by atoms with E-state index in [1.54, 1.807) is 12.3 Å². The Bertz CT molecular complexity index is 802. The summed E-state index contributed by atoms with van der Waals surface area (Å²) in [5.74, 6) is 1.28. The normalized spacial score (nSPS) is 9.48. The number of pyridine rings is 2. The number of benzene rings is 1. The van der Waals surface area contributed by atoms with E-state index in [1.165, 1.54) is 0 Å². The van der Waals surface area contributed by atoms with Crippen LogP contribution in [0.2, 0.25) is 0 Å². The third-order valence-corrected chi connectivity index (χ3v) is 3.33. The third kappa shape index (κ3) is 6.21. The lowest BCUT2D eigenvalue weighted by atomic mass is 10.1. The van der Waals surface area contributed by atoms with Crippen LogP contribution in [0.3, 0.4) is 0 Å². The Morgan fingerprint density at radius 3 is 2.52 bits per heavy atom. The maximum Gasteiger partial charge on any atom is 0.138 e. The molecule has 5 nitrogen and oxygen atoms in total. The molecule has 2 heterocycles. The summed E-state index contributed by atoms with van der Waals surface area (Å²) >= 11 is 0. The van der Waals surface area contributed by atoms with E-state index in [4.69, 9.17) is 10.5 Å². The molecule has 0 aliphatic rings. The van der Waals surface area contributed by atoms with Gasteiger partial charge in [-0.05, 0) is 42.4 Å². The van der Waals surface area contributed by atoms with Crippen LogP contribution in [0.15, 0.2) is 48.8 Å². The van der Waals surface area contributed by atoms with Gasteiger partial charge in [0.15, 0.2) is 0 Å². The van der Waals surface area contributed by atoms with Gasteiger partial charge >= 0.3 is 0 Å². The Morgan fingerprint density at radius 1 is 1.00 bits per heavy atom. The van der Waals surface area contributed by atoms with Crippen molar-refractivity contribution in [1.82, 2.24) is 15.3 Å². The summed E-state index contributed by atoms with van der Waals surface area (Å²) in [6.45, 7) is 1.24. The summed E-state index contributed by atoms with van der Waals surface area (Å²) in [5, 5.41) is 4.16. The van der Waals surface area contributed by atoms with Crippen LogP contribution >= 0.6 is 37.2 Å². The van der Waals surface area contributed by atoms with E-state index in [2.05, 4.69) is 15.3 Å². The summed E-state index contributed by atoms with van der Waals surface area (Å²) in [4.78, 5) is 8.51. The van der Waals surface area contributed by atoms with Crippen LogP contribution in [0.5, 0.6) is 5.75 Å². The number of hydrogen-bond donors (Lipinski definition) is 2. The molecule has 0 aliphatic carbocycles. The van der Waals surface area contributed by atoms with Gasteiger partial charge in [-0.1, -0.05) is 12.1 Å².